The number of aliphatic hydroxyl groups is 1. The number of thiazole rings is 1. The normalized spacial score (nSPS) is 20.6. The van der Waals surface area contributed by atoms with Crippen molar-refractivity contribution in [3.05, 3.63) is 29.4 Å². The first-order valence-electron chi connectivity index (χ1n) is 12.7. The molecular formula is C25H36N8OS2. The Balaban J connectivity index is 1.51. The Morgan fingerprint density at radius 1 is 1.31 bits per heavy atom. The summed E-state index contributed by atoms with van der Waals surface area (Å²) >= 11 is 3.25. The molecule has 3 aromatic heterocycles. The second kappa shape index (κ2) is 12.7. The SMILES string of the molecule is CCC1CC(Nc2nc(Nc3ncc(CO)s3)cc3[nH]ccc23)CC(CC)N1SN(CC)CCC#N. The summed E-state index contributed by atoms with van der Waals surface area (Å²) in [5.74, 6) is 1.59. The van der Waals surface area contributed by atoms with E-state index >= 15 is 0 Å². The van der Waals surface area contributed by atoms with Gasteiger partial charge in [0.2, 0.25) is 0 Å². The lowest BCUT2D eigenvalue weighted by molar-refractivity contribution is 0.170. The maximum atomic E-state index is 9.35. The van der Waals surface area contributed by atoms with Crippen molar-refractivity contribution in [2.45, 2.75) is 77.6 Å². The molecular weight excluding hydrogens is 492 g/mol. The van der Waals surface area contributed by atoms with Gasteiger partial charge in [0.15, 0.2) is 5.13 Å². The topological polar surface area (TPSA) is 116 Å². The van der Waals surface area contributed by atoms with E-state index in [2.05, 4.69) is 62.1 Å². The van der Waals surface area contributed by atoms with Crippen molar-refractivity contribution >= 4 is 51.1 Å². The Labute approximate surface area is 221 Å². The van der Waals surface area contributed by atoms with Crippen LogP contribution in [0, 0.1) is 11.3 Å². The summed E-state index contributed by atoms with van der Waals surface area (Å²) in [4.78, 5) is 13.4. The van der Waals surface area contributed by atoms with E-state index in [1.165, 1.54) is 11.3 Å². The number of nitrogens with one attached hydrogen (secondary N) is 3. The van der Waals surface area contributed by atoms with Crippen molar-refractivity contribution in [3.63, 3.8) is 0 Å². The molecule has 36 heavy (non-hydrogen) atoms. The number of hydrogen-bond acceptors (Lipinski definition) is 10. The smallest absolute Gasteiger partial charge is 0.188 e. The molecule has 0 bridgehead atoms. The van der Waals surface area contributed by atoms with Crippen molar-refractivity contribution in [1.29, 1.82) is 5.26 Å². The minimum atomic E-state index is -0.0161. The summed E-state index contributed by atoms with van der Waals surface area (Å²) in [5, 5.41) is 27.2. The molecule has 4 N–H and O–H groups in total. The van der Waals surface area contributed by atoms with Crippen LogP contribution in [-0.4, -0.2) is 59.9 Å². The highest BCUT2D eigenvalue weighted by molar-refractivity contribution is 7.94. The van der Waals surface area contributed by atoms with Gasteiger partial charge < -0.3 is 20.7 Å². The summed E-state index contributed by atoms with van der Waals surface area (Å²) in [6.45, 7) is 8.38. The number of fused-ring (bicyclic) bond motifs is 1. The van der Waals surface area contributed by atoms with Crippen LogP contribution >= 0.6 is 23.5 Å². The van der Waals surface area contributed by atoms with Gasteiger partial charge in [0.05, 0.1) is 23.1 Å². The van der Waals surface area contributed by atoms with Crippen LogP contribution in [0.3, 0.4) is 0 Å². The third-order valence-corrected chi connectivity index (χ3v) is 9.00. The van der Waals surface area contributed by atoms with Crippen LogP contribution in [0.5, 0.6) is 0 Å². The standard InChI is InChI=1S/C25H36N8OS2/c1-4-18-12-17(13-19(5-2)33(18)36-32(6-3)11-7-9-26)29-24-21-8-10-27-22(21)14-23(30-24)31-25-28-15-20(16-34)35-25/h8,10,14-15,17-19,27,34H,4-7,11-13,16H2,1-3H3,(H2,28,29,30,31). The Morgan fingerprint density at radius 3 is 2.72 bits per heavy atom. The second-order valence-corrected chi connectivity index (χ2v) is 11.2. The number of anilines is 3. The number of piperidine rings is 1. The molecule has 11 heteroatoms. The van der Waals surface area contributed by atoms with E-state index in [9.17, 15) is 5.11 Å². The zero-order chi connectivity index (χ0) is 25.5. The molecule has 4 rings (SSSR count). The zero-order valence-corrected chi connectivity index (χ0v) is 22.8. The first kappa shape index (κ1) is 26.7. The number of nitrogens with zero attached hydrogens (tertiary/aromatic N) is 5. The summed E-state index contributed by atoms with van der Waals surface area (Å²) in [7, 11) is 0. The summed E-state index contributed by atoms with van der Waals surface area (Å²) in [6.07, 6.45) is 8.39. The van der Waals surface area contributed by atoms with Gasteiger partial charge in [-0.2, -0.15) is 5.26 Å². The quantitative estimate of drug-likeness (QED) is 0.227. The van der Waals surface area contributed by atoms with E-state index in [-0.39, 0.29) is 6.61 Å². The average molecular weight is 529 g/mol. The number of hydrogen-bond donors (Lipinski definition) is 4. The fourth-order valence-electron chi connectivity index (χ4n) is 4.74. The molecule has 1 aliphatic rings. The summed E-state index contributed by atoms with van der Waals surface area (Å²) < 4.78 is 4.89. The molecule has 0 saturated carbocycles. The lowest BCUT2D eigenvalue weighted by atomic mass is 9.91. The second-order valence-electron chi connectivity index (χ2n) is 9.02. The summed E-state index contributed by atoms with van der Waals surface area (Å²) in [5.41, 5.74) is 1.01. The van der Waals surface area contributed by atoms with Gasteiger partial charge in [0, 0.05) is 73.6 Å². The van der Waals surface area contributed by atoms with Crippen LogP contribution in [0.2, 0.25) is 0 Å². The maximum absolute atomic E-state index is 9.35. The number of aliphatic hydroxyl groups excluding tert-OH is 1. The lowest BCUT2D eigenvalue weighted by Gasteiger charge is -2.45. The fourth-order valence-corrected chi connectivity index (χ4v) is 6.71. The van der Waals surface area contributed by atoms with Crippen LogP contribution in [0.25, 0.3) is 10.9 Å². The zero-order valence-electron chi connectivity index (χ0n) is 21.2. The molecule has 1 saturated heterocycles. The van der Waals surface area contributed by atoms with E-state index in [1.54, 1.807) is 6.20 Å². The van der Waals surface area contributed by atoms with Gasteiger partial charge in [-0.25, -0.2) is 18.6 Å². The van der Waals surface area contributed by atoms with Gasteiger partial charge in [-0.05, 0) is 31.7 Å². The van der Waals surface area contributed by atoms with E-state index in [4.69, 9.17) is 10.2 Å². The number of H-pyrrole nitrogens is 1. The van der Waals surface area contributed by atoms with Gasteiger partial charge in [-0.1, -0.05) is 32.1 Å². The molecule has 0 radical (unpaired) electrons. The number of rotatable bonds is 12. The van der Waals surface area contributed by atoms with Gasteiger partial charge in [0.25, 0.3) is 0 Å². The molecule has 2 atom stereocenters. The summed E-state index contributed by atoms with van der Waals surface area (Å²) in [6, 6.07) is 7.53. The molecule has 1 fully saturated rings. The number of aromatic nitrogens is 3. The minimum Gasteiger partial charge on any atom is -0.391 e. The first-order valence-corrected chi connectivity index (χ1v) is 14.3. The number of nitriles is 1. The van der Waals surface area contributed by atoms with Crippen LogP contribution in [0.1, 0.15) is 57.8 Å². The third kappa shape index (κ3) is 6.30. The Kier molecular flexibility index (Phi) is 9.45. The Bertz CT molecular complexity index is 1140. The highest BCUT2D eigenvalue weighted by Crippen LogP contribution is 2.37. The molecule has 0 aliphatic carbocycles. The molecule has 0 spiro atoms. The van der Waals surface area contributed by atoms with Crippen LogP contribution in [-0.2, 0) is 6.61 Å². The average Bonchev–Trinajstić information content (AvgIpc) is 3.56. The van der Waals surface area contributed by atoms with Crippen molar-refractivity contribution in [2.24, 2.45) is 0 Å². The highest BCUT2D eigenvalue weighted by atomic mass is 32.2. The third-order valence-electron chi connectivity index (χ3n) is 6.64. The predicted molar refractivity (Wildman–Crippen MR) is 149 cm³/mol. The Morgan fingerprint density at radius 2 is 2.08 bits per heavy atom. The van der Waals surface area contributed by atoms with Crippen molar-refractivity contribution in [2.75, 3.05) is 23.7 Å². The van der Waals surface area contributed by atoms with Crippen LogP contribution < -0.4 is 10.6 Å². The number of aromatic amines is 1. The van der Waals surface area contributed by atoms with Gasteiger partial charge in [-0.3, -0.25) is 0 Å². The molecule has 4 heterocycles. The van der Waals surface area contributed by atoms with Gasteiger partial charge in [-0.15, -0.1) is 0 Å². The predicted octanol–water partition coefficient (Wildman–Crippen LogP) is 5.49. The van der Waals surface area contributed by atoms with Gasteiger partial charge >= 0.3 is 0 Å². The molecule has 3 aromatic rings. The molecule has 0 amide bonds. The maximum Gasteiger partial charge on any atom is 0.188 e. The van der Waals surface area contributed by atoms with Crippen LogP contribution in [0.4, 0.5) is 16.8 Å². The van der Waals surface area contributed by atoms with Gasteiger partial charge in [0.1, 0.15) is 11.6 Å². The van der Waals surface area contributed by atoms with Crippen molar-refractivity contribution < 1.29 is 5.11 Å². The van der Waals surface area contributed by atoms with Crippen LogP contribution in [0.15, 0.2) is 24.5 Å². The Hall–Kier alpha value is -2.36. The van der Waals surface area contributed by atoms with Crippen molar-refractivity contribution in [1.82, 2.24) is 23.6 Å². The largest absolute Gasteiger partial charge is 0.391 e. The minimum absolute atomic E-state index is 0.0161. The highest BCUT2D eigenvalue weighted by Gasteiger charge is 2.36. The monoisotopic (exact) mass is 528 g/mol. The molecule has 2 unspecified atom stereocenters. The van der Waals surface area contributed by atoms with E-state index in [1.807, 2.05) is 24.4 Å². The number of pyridine rings is 1. The molecule has 194 valence electrons. The molecule has 0 aromatic carbocycles. The van der Waals surface area contributed by atoms with E-state index in [0.717, 1.165) is 66.2 Å². The first-order chi connectivity index (χ1) is 17.6. The fraction of sp³-hybridized carbons (Fsp3) is 0.560. The molecule has 9 nitrogen and oxygen atoms in total. The van der Waals surface area contributed by atoms with E-state index in [0.29, 0.717) is 29.7 Å². The van der Waals surface area contributed by atoms with Crippen molar-refractivity contribution in [3.8, 4) is 6.07 Å². The van der Waals surface area contributed by atoms with E-state index < -0.39 is 0 Å². The molecule has 1 aliphatic heterocycles. The lowest BCUT2D eigenvalue weighted by Crippen LogP contribution is -2.50.